The third-order valence-corrected chi connectivity index (χ3v) is 13.8. The van der Waals surface area contributed by atoms with Gasteiger partial charge in [-0.15, -0.1) is 0 Å². The second-order valence-electron chi connectivity index (χ2n) is 19.1. The molecule has 1 fully saturated rings. The molecule has 67 heavy (non-hydrogen) atoms. The van der Waals surface area contributed by atoms with Crippen molar-refractivity contribution in [3.63, 3.8) is 0 Å². The third-order valence-electron chi connectivity index (χ3n) is 12.8. The summed E-state index contributed by atoms with van der Waals surface area (Å²) < 4.78 is 33.7. The maximum Gasteiger partial charge on any atom is 0.472 e. The van der Waals surface area contributed by atoms with Crippen molar-refractivity contribution in [2.45, 2.75) is 288 Å². The summed E-state index contributed by atoms with van der Waals surface area (Å²) in [5.41, 5.74) is 0. The number of ether oxygens (including phenoxy) is 2. The first-order valence-electron chi connectivity index (χ1n) is 27.1. The van der Waals surface area contributed by atoms with Crippen LogP contribution >= 0.6 is 7.82 Å². The molecule has 0 radical (unpaired) electrons. The third kappa shape index (κ3) is 35.1. The number of aliphatic hydroxyl groups excluding tert-OH is 5. The number of hydrogen-bond donors (Lipinski definition) is 6. The van der Waals surface area contributed by atoms with E-state index in [0.29, 0.717) is 12.8 Å². The molecule has 6 unspecified atom stereocenters. The Morgan fingerprint density at radius 3 is 1.15 bits per heavy atom. The van der Waals surface area contributed by atoms with Gasteiger partial charge in [-0.1, -0.05) is 192 Å². The monoisotopic (exact) mass is 975 g/mol. The van der Waals surface area contributed by atoms with E-state index in [9.17, 15) is 44.6 Å². The molecular weight excluding hydrogens is 876 g/mol. The lowest BCUT2D eigenvalue weighted by atomic mass is 9.85. The first kappa shape index (κ1) is 63.3. The predicted octanol–water partition coefficient (Wildman–Crippen LogP) is 12.0. The van der Waals surface area contributed by atoms with Crippen molar-refractivity contribution < 1.29 is 63.1 Å². The maximum atomic E-state index is 12.9. The Kier molecular flexibility index (Phi) is 40.8. The van der Waals surface area contributed by atoms with Crippen molar-refractivity contribution in [1.82, 2.24) is 0 Å². The van der Waals surface area contributed by atoms with Crippen LogP contribution in [0, 0.1) is 0 Å². The van der Waals surface area contributed by atoms with Crippen LogP contribution in [-0.2, 0) is 32.7 Å². The Labute approximate surface area is 406 Å². The number of unbranched alkanes of at least 4 members (excludes halogenated alkanes) is 30. The number of rotatable bonds is 46. The van der Waals surface area contributed by atoms with Crippen LogP contribution < -0.4 is 0 Å². The van der Waals surface area contributed by atoms with Crippen LogP contribution in [0.1, 0.15) is 245 Å². The Balaban J connectivity index is 2.36. The molecule has 8 atom stereocenters. The van der Waals surface area contributed by atoms with Crippen LogP contribution in [0.2, 0.25) is 0 Å². The summed E-state index contributed by atoms with van der Waals surface area (Å²) >= 11 is 0. The zero-order valence-electron chi connectivity index (χ0n) is 42.2. The summed E-state index contributed by atoms with van der Waals surface area (Å²) in [6.07, 6.45) is 36.5. The Morgan fingerprint density at radius 1 is 0.448 bits per heavy atom. The molecule has 14 heteroatoms. The van der Waals surface area contributed by atoms with E-state index in [4.69, 9.17) is 18.5 Å². The lowest BCUT2D eigenvalue weighted by Gasteiger charge is -2.41. The molecule has 1 saturated carbocycles. The summed E-state index contributed by atoms with van der Waals surface area (Å²) in [5.74, 6) is -1.09. The van der Waals surface area contributed by atoms with E-state index in [1.54, 1.807) is 0 Å². The minimum atomic E-state index is -5.12. The summed E-state index contributed by atoms with van der Waals surface area (Å²) in [6.45, 7) is 3.32. The SMILES string of the molecule is CCCCCC/C=C/CCCCCCCCCCCC(=O)O[C@@H](COC(=O)CCCCCCCCCCCCC/C=C/CCCCCCCC)COP(=O)(O)OC1C(O)C(O)C(O)[C@H](O)C1O. The van der Waals surface area contributed by atoms with Crippen LogP contribution in [-0.4, -0.2) is 98.3 Å². The zero-order valence-corrected chi connectivity index (χ0v) is 43.1. The fraction of sp³-hybridized carbons (Fsp3) is 0.887. The van der Waals surface area contributed by atoms with Crippen molar-refractivity contribution in [3.05, 3.63) is 24.3 Å². The van der Waals surface area contributed by atoms with Gasteiger partial charge in [0.1, 0.15) is 43.2 Å². The van der Waals surface area contributed by atoms with E-state index < -0.39 is 75.7 Å². The standard InChI is InChI=1S/C53H99O13P/c1-3-5-7-9-11-13-15-17-19-21-22-23-24-26-27-29-31-33-35-37-39-41-46(54)63-43-45(44-64-67(61,62)66-53-51(59)49(57)48(56)50(58)52(53)60)65-47(55)42-40-38-36-34-32-30-28-25-20-18-16-14-12-10-8-6-4-2/h14,16-17,19,45,48-53,56-60H,3-13,15,18,20-44H2,1-2H3,(H,61,62)/b16-14+,19-17+/t45-,48?,49-,50?,51?,52?,53?/m0/s1. The molecule has 0 aliphatic heterocycles. The molecule has 0 spiro atoms. The van der Waals surface area contributed by atoms with Gasteiger partial charge in [-0.05, 0) is 64.2 Å². The molecule has 0 aromatic rings. The smallest absolute Gasteiger partial charge is 0.462 e. The molecule has 0 aromatic heterocycles. The number of carbonyl (C=O) groups excluding carboxylic acids is 2. The van der Waals surface area contributed by atoms with E-state index in [0.717, 1.165) is 51.4 Å². The number of esters is 2. The summed E-state index contributed by atoms with van der Waals surface area (Å²) in [5, 5.41) is 50.3. The Bertz CT molecular complexity index is 1270. The minimum absolute atomic E-state index is 0.0969. The van der Waals surface area contributed by atoms with Gasteiger partial charge < -0.3 is 39.9 Å². The molecule has 0 bridgehead atoms. The van der Waals surface area contributed by atoms with Crippen LogP contribution in [0.4, 0.5) is 0 Å². The highest BCUT2D eigenvalue weighted by molar-refractivity contribution is 7.47. The molecular formula is C53H99O13P. The van der Waals surface area contributed by atoms with Gasteiger partial charge >= 0.3 is 19.8 Å². The number of carbonyl (C=O) groups is 2. The molecule has 0 aromatic carbocycles. The van der Waals surface area contributed by atoms with Gasteiger partial charge in [0, 0.05) is 12.8 Å². The average Bonchev–Trinajstić information content (AvgIpc) is 3.31. The van der Waals surface area contributed by atoms with Gasteiger partial charge in [-0.3, -0.25) is 18.6 Å². The van der Waals surface area contributed by atoms with Crippen LogP contribution in [0.5, 0.6) is 0 Å². The highest BCUT2D eigenvalue weighted by Gasteiger charge is 2.51. The number of aliphatic hydroxyl groups is 5. The molecule has 6 N–H and O–H groups in total. The van der Waals surface area contributed by atoms with E-state index in [2.05, 4.69) is 38.2 Å². The van der Waals surface area contributed by atoms with E-state index in [1.165, 1.54) is 154 Å². The topological polar surface area (TPSA) is 210 Å². The summed E-state index contributed by atoms with van der Waals surface area (Å²) in [4.78, 5) is 35.9. The number of phosphoric ester groups is 1. The fourth-order valence-corrected chi connectivity index (χ4v) is 9.37. The van der Waals surface area contributed by atoms with Gasteiger partial charge in [0.25, 0.3) is 0 Å². The number of hydrogen-bond acceptors (Lipinski definition) is 12. The van der Waals surface area contributed by atoms with Gasteiger partial charge in [-0.2, -0.15) is 0 Å². The van der Waals surface area contributed by atoms with Crippen molar-refractivity contribution in [1.29, 1.82) is 0 Å². The molecule has 1 aliphatic rings. The van der Waals surface area contributed by atoms with Gasteiger partial charge in [-0.25, -0.2) is 4.57 Å². The molecule has 0 saturated heterocycles. The molecule has 0 amide bonds. The van der Waals surface area contributed by atoms with Gasteiger partial charge in [0.05, 0.1) is 6.61 Å². The second kappa shape index (κ2) is 43.1. The normalized spacial score (nSPS) is 21.3. The van der Waals surface area contributed by atoms with Gasteiger partial charge in [0.15, 0.2) is 6.10 Å². The number of phosphoric acid groups is 1. The molecule has 13 nitrogen and oxygen atoms in total. The lowest BCUT2D eigenvalue weighted by molar-refractivity contribution is -0.220. The fourth-order valence-electron chi connectivity index (χ4n) is 8.40. The summed E-state index contributed by atoms with van der Waals surface area (Å²) in [7, 11) is -5.12. The Hall–Kier alpha value is -1.67. The quantitative estimate of drug-likeness (QED) is 0.0145. The highest BCUT2D eigenvalue weighted by Crippen LogP contribution is 2.47. The van der Waals surface area contributed by atoms with Crippen molar-refractivity contribution in [2.75, 3.05) is 13.2 Å². The van der Waals surface area contributed by atoms with Crippen molar-refractivity contribution >= 4 is 19.8 Å². The van der Waals surface area contributed by atoms with E-state index in [1.807, 2.05) is 0 Å². The van der Waals surface area contributed by atoms with E-state index >= 15 is 0 Å². The molecule has 394 valence electrons. The second-order valence-corrected chi connectivity index (χ2v) is 20.5. The van der Waals surface area contributed by atoms with Gasteiger partial charge in [0.2, 0.25) is 0 Å². The maximum absolute atomic E-state index is 12.9. The van der Waals surface area contributed by atoms with E-state index in [-0.39, 0.29) is 12.8 Å². The minimum Gasteiger partial charge on any atom is -0.462 e. The zero-order chi connectivity index (χ0) is 49.2. The van der Waals surface area contributed by atoms with Crippen LogP contribution in [0.15, 0.2) is 24.3 Å². The van der Waals surface area contributed by atoms with Crippen molar-refractivity contribution in [2.24, 2.45) is 0 Å². The van der Waals surface area contributed by atoms with Crippen LogP contribution in [0.25, 0.3) is 0 Å². The largest absolute Gasteiger partial charge is 0.472 e. The molecule has 1 rings (SSSR count). The lowest BCUT2D eigenvalue weighted by Crippen LogP contribution is -2.64. The predicted molar refractivity (Wildman–Crippen MR) is 267 cm³/mol. The van der Waals surface area contributed by atoms with Crippen LogP contribution in [0.3, 0.4) is 0 Å². The highest BCUT2D eigenvalue weighted by atomic mass is 31.2. The number of allylic oxidation sites excluding steroid dienone is 4. The first-order chi connectivity index (χ1) is 32.4. The summed E-state index contributed by atoms with van der Waals surface area (Å²) in [6, 6.07) is 0. The molecule has 1 aliphatic carbocycles. The average molecular weight is 975 g/mol. The van der Waals surface area contributed by atoms with Crippen molar-refractivity contribution in [3.8, 4) is 0 Å². The molecule has 0 heterocycles. The first-order valence-corrected chi connectivity index (χ1v) is 28.6. The Morgan fingerprint density at radius 2 is 0.761 bits per heavy atom.